The van der Waals surface area contributed by atoms with Crippen LogP contribution >= 0.6 is 11.6 Å². The van der Waals surface area contributed by atoms with E-state index in [1.807, 2.05) is 0 Å². The Morgan fingerprint density at radius 1 is 1.22 bits per heavy atom. The number of carbonyl (C=O) groups excluding carboxylic acids is 2. The lowest BCUT2D eigenvalue weighted by Crippen LogP contribution is -2.45. The smallest absolute Gasteiger partial charge is 0.321 e. The van der Waals surface area contributed by atoms with Gasteiger partial charge in [0, 0.05) is 62.3 Å². The molecule has 0 radical (unpaired) electrons. The largest absolute Gasteiger partial charge is 0.345 e. The number of anilines is 1. The Hall–Kier alpha value is -1.84. The molecule has 148 valence electrons. The lowest BCUT2D eigenvalue weighted by atomic mass is 9.86. The second-order valence-electron chi connectivity index (χ2n) is 7.39. The van der Waals surface area contributed by atoms with Gasteiger partial charge in [-0.1, -0.05) is 17.7 Å². The molecule has 1 aromatic rings. The van der Waals surface area contributed by atoms with Gasteiger partial charge in [-0.25, -0.2) is 13.2 Å². The van der Waals surface area contributed by atoms with Crippen LogP contribution in [0.3, 0.4) is 0 Å². The number of halogens is 1. The summed E-state index contributed by atoms with van der Waals surface area (Å²) in [5, 5.41) is 3.30. The number of amides is 3. The van der Waals surface area contributed by atoms with Gasteiger partial charge in [-0.3, -0.25) is 4.79 Å². The maximum absolute atomic E-state index is 12.8. The monoisotopic (exact) mass is 414 g/mol. The zero-order valence-electron chi connectivity index (χ0n) is 15.3. The van der Waals surface area contributed by atoms with Crippen LogP contribution < -0.4 is 5.32 Å². The molecule has 3 rings (SSSR count). The van der Waals surface area contributed by atoms with Crippen LogP contribution in [0.5, 0.6) is 0 Å². The fourth-order valence-electron chi connectivity index (χ4n) is 3.76. The number of sulfonamides is 1. The molecule has 1 atom stereocenters. The number of likely N-dealkylation sites (tertiary alicyclic amines) is 1. The Morgan fingerprint density at radius 3 is 2.56 bits per heavy atom. The second kappa shape index (κ2) is 7.29. The van der Waals surface area contributed by atoms with Crippen molar-refractivity contribution in [3.05, 3.63) is 29.3 Å². The van der Waals surface area contributed by atoms with Crippen LogP contribution in [0.15, 0.2) is 24.3 Å². The van der Waals surface area contributed by atoms with Crippen molar-refractivity contribution in [2.45, 2.75) is 6.42 Å². The van der Waals surface area contributed by atoms with Gasteiger partial charge in [0.2, 0.25) is 15.9 Å². The number of hydrogen-bond donors (Lipinski definition) is 1. The molecule has 10 heteroatoms. The van der Waals surface area contributed by atoms with Gasteiger partial charge in [-0.2, -0.15) is 4.31 Å². The number of urea groups is 1. The molecule has 1 spiro atoms. The molecule has 0 aromatic heterocycles. The van der Waals surface area contributed by atoms with E-state index >= 15 is 0 Å². The van der Waals surface area contributed by atoms with Gasteiger partial charge < -0.3 is 15.1 Å². The molecule has 2 aliphatic rings. The summed E-state index contributed by atoms with van der Waals surface area (Å²) < 4.78 is 25.6. The SMILES string of the molecule is CN1CC2(CC1=O)CN(C(=O)Nc1cccc(Cl)c1)CCN(S(C)(=O)=O)C2. The van der Waals surface area contributed by atoms with Crippen LogP contribution in [0.4, 0.5) is 10.5 Å². The first-order chi connectivity index (χ1) is 12.6. The molecule has 1 aromatic carbocycles. The third-order valence-electron chi connectivity index (χ3n) is 5.01. The summed E-state index contributed by atoms with van der Waals surface area (Å²) in [6.07, 6.45) is 1.37. The van der Waals surface area contributed by atoms with Gasteiger partial charge in [0.05, 0.1) is 6.26 Å². The minimum absolute atomic E-state index is 0.0412. The van der Waals surface area contributed by atoms with Crippen molar-refractivity contribution in [3.8, 4) is 0 Å². The van der Waals surface area contributed by atoms with E-state index < -0.39 is 15.4 Å². The zero-order chi connectivity index (χ0) is 19.8. The summed E-state index contributed by atoms with van der Waals surface area (Å²) in [7, 11) is -1.74. The molecule has 1 unspecified atom stereocenters. The Balaban J connectivity index is 1.83. The number of nitrogens with zero attached hydrogens (tertiary/aromatic N) is 3. The van der Waals surface area contributed by atoms with Crippen molar-refractivity contribution in [2.75, 3.05) is 51.3 Å². The van der Waals surface area contributed by atoms with Gasteiger partial charge in [-0.05, 0) is 18.2 Å². The maximum atomic E-state index is 12.8. The number of benzene rings is 1. The molecule has 0 aliphatic carbocycles. The second-order valence-corrected chi connectivity index (χ2v) is 9.80. The first-order valence-electron chi connectivity index (χ1n) is 8.59. The predicted molar refractivity (Wildman–Crippen MR) is 103 cm³/mol. The third kappa shape index (κ3) is 4.53. The van der Waals surface area contributed by atoms with E-state index in [2.05, 4.69) is 5.32 Å². The standard InChI is InChI=1S/C17H23ClN4O4S/c1-20-10-17(9-15(20)23)11-21(6-7-22(12-17)27(2,25)26)16(24)19-14-5-3-4-13(18)8-14/h3-5,8H,6-7,9-12H2,1-2H3,(H,19,24). The van der Waals surface area contributed by atoms with Gasteiger partial charge in [-0.15, -0.1) is 0 Å². The Bertz CT molecular complexity index is 862. The molecule has 2 aliphatic heterocycles. The molecule has 0 bridgehead atoms. The summed E-state index contributed by atoms with van der Waals surface area (Å²) in [4.78, 5) is 28.1. The zero-order valence-corrected chi connectivity index (χ0v) is 16.9. The van der Waals surface area contributed by atoms with E-state index in [9.17, 15) is 18.0 Å². The molecular weight excluding hydrogens is 392 g/mol. The van der Waals surface area contributed by atoms with Crippen molar-refractivity contribution < 1.29 is 18.0 Å². The molecule has 27 heavy (non-hydrogen) atoms. The highest BCUT2D eigenvalue weighted by Crippen LogP contribution is 2.35. The molecule has 1 N–H and O–H groups in total. The van der Waals surface area contributed by atoms with Crippen LogP contribution in [-0.2, 0) is 14.8 Å². The highest BCUT2D eigenvalue weighted by atomic mass is 35.5. The average Bonchev–Trinajstić information content (AvgIpc) is 2.72. The summed E-state index contributed by atoms with van der Waals surface area (Å²) in [5.74, 6) is -0.0412. The number of rotatable bonds is 2. The minimum Gasteiger partial charge on any atom is -0.345 e. The van der Waals surface area contributed by atoms with Crippen LogP contribution in [0.1, 0.15) is 6.42 Å². The summed E-state index contributed by atoms with van der Waals surface area (Å²) in [6.45, 7) is 1.39. The normalized spacial score (nSPS) is 24.3. The van der Waals surface area contributed by atoms with E-state index in [-0.39, 0.29) is 38.0 Å². The Morgan fingerprint density at radius 2 is 1.96 bits per heavy atom. The average molecular weight is 415 g/mol. The van der Waals surface area contributed by atoms with E-state index in [0.717, 1.165) is 6.26 Å². The van der Waals surface area contributed by atoms with Crippen molar-refractivity contribution in [1.29, 1.82) is 0 Å². The first kappa shape index (κ1) is 19.9. The highest BCUT2D eigenvalue weighted by molar-refractivity contribution is 7.88. The Kier molecular flexibility index (Phi) is 5.38. The number of carbonyl (C=O) groups is 2. The van der Waals surface area contributed by atoms with E-state index in [1.165, 1.54) is 4.31 Å². The lowest BCUT2D eigenvalue weighted by Gasteiger charge is -2.32. The summed E-state index contributed by atoms with van der Waals surface area (Å²) >= 11 is 5.96. The fourth-order valence-corrected chi connectivity index (χ4v) is 4.87. The van der Waals surface area contributed by atoms with Crippen molar-refractivity contribution in [2.24, 2.45) is 5.41 Å². The number of hydrogen-bond acceptors (Lipinski definition) is 4. The van der Waals surface area contributed by atoms with Crippen LogP contribution in [0, 0.1) is 5.41 Å². The molecule has 8 nitrogen and oxygen atoms in total. The highest BCUT2D eigenvalue weighted by Gasteiger charge is 2.47. The molecular formula is C17H23ClN4O4S. The van der Waals surface area contributed by atoms with Gasteiger partial charge >= 0.3 is 6.03 Å². The van der Waals surface area contributed by atoms with Crippen molar-refractivity contribution in [1.82, 2.24) is 14.1 Å². The number of nitrogens with one attached hydrogen (secondary N) is 1. The quantitative estimate of drug-likeness (QED) is 0.789. The predicted octanol–water partition coefficient (Wildman–Crippen LogP) is 1.30. The van der Waals surface area contributed by atoms with Gasteiger partial charge in [0.1, 0.15) is 0 Å². The first-order valence-corrected chi connectivity index (χ1v) is 10.8. The minimum atomic E-state index is -3.43. The molecule has 2 saturated heterocycles. The summed E-state index contributed by atoms with van der Waals surface area (Å²) in [6, 6.07) is 6.48. The van der Waals surface area contributed by atoms with Crippen LogP contribution in [-0.4, -0.2) is 80.5 Å². The van der Waals surface area contributed by atoms with E-state index in [0.29, 0.717) is 23.8 Å². The molecule has 0 saturated carbocycles. The third-order valence-corrected chi connectivity index (χ3v) is 6.50. The lowest BCUT2D eigenvalue weighted by molar-refractivity contribution is -0.126. The fraction of sp³-hybridized carbons (Fsp3) is 0.529. The maximum Gasteiger partial charge on any atom is 0.321 e. The van der Waals surface area contributed by atoms with E-state index in [4.69, 9.17) is 11.6 Å². The van der Waals surface area contributed by atoms with E-state index in [1.54, 1.807) is 41.1 Å². The van der Waals surface area contributed by atoms with Gasteiger partial charge in [0.25, 0.3) is 0 Å². The van der Waals surface area contributed by atoms with Crippen molar-refractivity contribution in [3.63, 3.8) is 0 Å². The molecule has 2 heterocycles. The van der Waals surface area contributed by atoms with Crippen molar-refractivity contribution >= 4 is 39.2 Å². The van der Waals surface area contributed by atoms with Crippen LogP contribution in [0.2, 0.25) is 5.02 Å². The molecule has 3 amide bonds. The summed E-state index contributed by atoms with van der Waals surface area (Å²) in [5.41, 5.74) is -0.0535. The Labute approximate surface area is 164 Å². The van der Waals surface area contributed by atoms with Crippen LogP contribution in [0.25, 0.3) is 0 Å². The van der Waals surface area contributed by atoms with Gasteiger partial charge in [0.15, 0.2) is 0 Å². The topological polar surface area (TPSA) is 90.0 Å². The molecule has 2 fully saturated rings.